The van der Waals surface area contributed by atoms with Crippen molar-refractivity contribution in [3.05, 3.63) is 18.2 Å². The minimum Gasteiger partial charge on any atom is -0.495 e. The summed E-state index contributed by atoms with van der Waals surface area (Å²) in [5, 5.41) is 0. The molecule has 120 valence electrons. The molecule has 0 saturated carbocycles. The quantitative estimate of drug-likeness (QED) is 0.819. The number of sulfonamides is 1. The molecule has 0 heterocycles. The molecule has 1 N–H and O–H groups in total. The van der Waals surface area contributed by atoms with Crippen LogP contribution in [0.3, 0.4) is 0 Å². The summed E-state index contributed by atoms with van der Waals surface area (Å²) in [5.74, 6) is 0.0811. The minimum atomic E-state index is -3.96. The van der Waals surface area contributed by atoms with Crippen molar-refractivity contribution in [2.45, 2.75) is 25.7 Å². The Morgan fingerprint density at radius 3 is 2.19 bits per heavy atom. The molecule has 0 atom stereocenters. The number of hydrogen-bond donors (Lipinski definition) is 1. The van der Waals surface area contributed by atoms with Crippen molar-refractivity contribution in [3.63, 3.8) is 0 Å². The molecule has 9 heteroatoms. The van der Waals surface area contributed by atoms with Crippen molar-refractivity contribution in [3.8, 4) is 5.75 Å². The Balaban J connectivity index is 3.23. The Bertz CT molecular complexity index is 721. The van der Waals surface area contributed by atoms with Gasteiger partial charge in [-0.15, -0.1) is 0 Å². The van der Waals surface area contributed by atoms with Crippen molar-refractivity contribution in [2.75, 3.05) is 17.6 Å². The highest BCUT2D eigenvalue weighted by Crippen LogP contribution is 2.30. The highest BCUT2D eigenvalue weighted by molar-refractivity contribution is 8.13. The number of nitrogens with one attached hydrogen (secondary N) is 1. The predicted octanol–water partition coefficient (Wildman–Crippen LogP) is 2.41. The van der Waals surface area contributed by atoms with Crippen molar-refractivity contribution >= 4 is 35.4 Å². The smallest absolute Gasteiger partial charge is 0.261 e. The van der Waals surface area contributed by atoms with Crippen LogP contribution < -0.4 is 9.46 Å². The van der Waals surface area contributed by atoms with Gasteiger partial charge in [-0.2, -0.15) is 0 Å². The second-order valence-corrected chi connectivity index (χ2v) is 10.0. The van der Waals surface area contributed by atoms with Crippen LogP contribution in [0.2, 0.25) is 0 Å². The van der Waals surface area contributed by atoms with E-state index in [0.717, 1.165) is 6.07 Å². The predicted molar refractivity (Wildman–Crippen MR) is 82.9 cm³/mol. The average Bonchev–Trinajstić information content (AvgIpc) is 2.23. The van der Waals surface area contributed by atoms with Gasteiger partial charge in [0.05, 0.1) is 23.4 Å². The van der Waals surface area contributed by atoms with Crippen LogP contribution in [0.1, 0.15) is 20.8 Å². The largest absolute Gasteiger partial charge is 0.495 e. The molecule has 0 unspecified atom stereocenters. The van der Waals surface area contributed by atoms with Gasteiger partial charge in [-0.1, -0.05) is 20.8 Å². The molecule has 0 aliphatic carbocycles. The Labute approximate surface area is 129 Å². The van der Waals surface area contributed by atoms with E-state index >= 15 is 0 Å². The molecule has 0 aliphatic rings. The molecule has 0 aliphatic heterocycles. The number of hydrogen-bond acceptors (Lipinski definition) is 5. The molecule has 21 heavy (non-hydrogen) atoms. The van der Waals surface area contributed by atoms with E-state index in [4.69, 9.17) is 15.4 Å². The zero-order chi connectivity index (χ0) is 16.5. The maximum atomic E-state index is 12.1. The molecule has 0 saturated heterocycles. The van der Waals surface area contributed by atoms with Crippen LogP contribution >= 0.6 is 10.7 Å². The second-order valence-electron chi connectivity index (χ2n) is 5.72. The summed E-state index contributed by atoms with van der Waals surface area (Å²) < 4.78 is 54.2. The fourth-order valence-corrected chi connectivity index (χ4v) is 4.18. The highest BCUT2D eigenvalue weighted by Gasteiger charge is 2.23. The summed E-state index contributed by atoms with van der Waals surface area (Å²) in [6.07, 6.45) is 0. The fraction of sp³-hybridized carbons (Fsp3) is 0.500. The topological polar surface area (TPSA) is 89.5 Å². The number of methoxy groups -OCH3 is 1. The van der Waals surface area contributed by atoms with Gasteiger partial charge < -0.3 is 4.74 Å². The van der Waals surface area contributed by atoms with Crippen LogP contribution in [0.4, 0.5) is 5.69 Å². The summed E-state index contributed by atoms with van der Waals surface area (Å²) in [4.78, 5) is -0.210. The zero-order valence-corrected chi connectivity index (χ0v) is 14.6. The average molecular weight is 356 g/mol. The van der Waals surface area contributed by atoms with Crippen LogP contribution in [0, 0.1) is 5.41 Å². The maximum absolute atomic E-state index is 12.1. The summed E-state index contributed by atoms with van der Waals surface area (Å²) in [6, 6.07) is 3.70. The molecule has 1 aromatic rings. The van der Waals surface area contributed by atoms with Crippen molar-refractivity contribution in [1.29, 1.82) is 0 Å². The van der Waals surface area contributed by atoms with Gasteiger partial charge in [0, 0.05) is 10.7 Å². The van der Waals surface area contributed by atoms with E-state index < -0.39 is 24.5 Å². The lowest BCUT2D eigenvalue weighted by atomic mass is 10.0. The first kappa shape index (κ1) is 18.1. The summed E-state index contributed by atoms with van der Waals surface area (Å²) in [7, 11) is -1.00. The van der Waals surface area contributed by atoms with Crippen LogP contribution in [-0.4, -0.2) is 29.7 Å². The lowest BCUT2D eigenvalue weighted by Gasteiger charge is -2.19. The van der Waals surface area contributed by atoms with Gasteiger partial charge in [0.2, 0.25) is 10.0 Å². The van der Waals surface area contributed by atoms with Gasteiger partial charge in [0.1, 0.15) is 5.75 Å². The molecule has 0 spiro atoms. The SMILES string of the molecule is COc1ccc(S(=O)(=O)Cl)cc1NS(=O)(=O)CC(C)(C)C. The van der Waals surface area contributed by atoms with E-state index in [9.17, 15) is 16.8 Å². The van der Waals surface area contributed by atoms with Crippen LogP contribution in [0.5, 0.6) is 5.75 Å². The lowest BCUT2D eigenvalue weighted by molar-refractivity contribution is 0.416. The van der Waals surface area contributed by atoms with Crippen molar-refractivity contribution in [1.82, 2.24) is 0 Å². The van der Waals surface area contributed by atoms with Gasteiger partial charge >= 0.3 is 0 Å². The standard InChI is InChI=1S/C12H18ClNO5S2/c1-12(2,3)8-20(15,16)14-10-7-9(21(13,17)18)5-6-11(10)19-4/h5-7,14H,8H2,1-4H3. The van der Waals surface area contributed by atoms with E-state index in [2.05, 4.69) is 4.72 Å². The number of rotatable bonds is 5. The van der Waals surface area contributed by atoms with E-state index in [0.29, 0.717) is 0 Å². The number of ether oxygens (including phenoxy) is 1. The van der Waals surface area contributed by atoms with Gasteiger partial charge in [-0.3, -0.25) is 4.72 Å². The normalized spacial score (nSPS) is 13.0. The third-order valence-electron chi connectivity index (χ3n) is 2.34. The third kappa shape index (κ3) is 5.72. The molecule has 0 radical (unpaired) electrons. The Morgan fingerprint density at radius 2 is 1.76 bits per heavy atom. The van der Waals surface area contributed by atoms with Crippen molar-refractivity contribution < 1.29 is 21.6 Å². The summed E-state index contributed by atoms with van der Waals surface area (Å²) in [5.41, 5.74) is -0.418. The monoisotopic (exact) mass is 355 g/mol. The molecule has 1 rings (SSSR count). The van der Waals surface area contributed by atoms with E-state index in [1.165, 1.54) is 19.2 Å². The first-order valence-corrected chi connectivity index (χ1v) is 9.93. The van der Waals surface area contributed by atoms with Crippen LogP contribution in [0.15, 0.2) is 23.1 Å². The molecular formula is C12H18ClNO5S2. The number of halogens is 1. The number of benzene rings is 1. The zero-order valence-electron chi connectivity index (χ0n) is 12.2. The summed E-state index contributed by atoms with van der Waals surface area (Å²) in [6.45, 7) is 5.34. The van der Waals surface area contributed by atoms with Gasteiger partial charge in [0.25, 0.3) is 9.05 Å². The molecule has 0 fully saturated rings. The minimum absolute atomic E-state index is 0.0310. The molecule has 0 amide bonds. The molecule has 1 aromatic carbocycles. The number of anilines is 1. The lowest BCUT2D eigenvalue weighted by Crippen LogP contribution is -2.26. The first-order chi connectivity index (χ1) is 9.34. The Morgan fingerprint density at radius 1 is 1.19 bits per heavy atom. The van der Waals surface area contributed by atoms with Crippen LogP contribution in [0.25, 0.3) is 0 Å². The third-order valence-corrected chi connectivity index (χ3v) is 5.47. The Hall–Kier alpha value is -0.990. The van der Waals surface area contributed by atoms with E-state index in [1.54, 1.807) is 20.8 Å². The fourth-order valence-electron chi connectivity index (χ4n) is 1.69. The van der Waals surface area contributed by atoms with Crippen LogP contribution in [-0.2, 0) is 19.1 Å². The Kier molecular flexibility index (Phi) is 5.18. The van der Waals surface area contributed by atoms with Gasteiger partial charge in [-0.25, -0.2) is 16.8 Å². The highest BCUT2D eigenvalue weighted by atomic mass is 35.7. The van der Waals surface area contributed by atoms with E-state index in [1.807, 2.05) is 0 Å². The van der Waals surface area contributed by atoms with Gasteiger partial charge in [0.15, 0.2) is 0 Å². The maximum Gasteiger partial charge on any atom is 0.261 e. The molecular weight excluding hydrogens is 338 g/mol. The first-order valence-electron chi connectivity index (χ1n) is 5.97. The second kappa shape index (κ2) is 6.02. The molecule has 0 bridgehead atoms. The molecule has 6 nitrogen and oxygen atoms in total. The van der Waals surface area contributed by atoms with Gasteiger partial charge in [-0.05, 0) is 23.6 Å². The van der Waals surface area contributed by atoms with Crippen molar-refractivity contribution in [2.24, 2.45) is 5.41 Å². The summed E-state index contributed by atoms with van der Waals surface area (Å²) >= 11 is 0. The van der Waals surface area contributed by atoms with E-state index in [-0.39, 0.29) is 22.1 Å². The molecule has 0 aromatic heterocycles.